The molecule has 2 heterocycles. The van der Waals surface area contributed by atoms with E-state index >= 15 is 0 Å². The minimum absolute atomic E-state index is 0.138. The molecule has 0 spiro atoms. The number of nitrogens with one attached hydrogen (secondary N) is 1. The second kappa shape index (κ2) is 7.99. The number of amides is 1. The minimum atomic E-state index is -0.138. The maximum atomic E-state index is 12.1. The van der Waals surface area contributed by atoms with Crippen LogP contribution < -0.4 is 5.32 Å². The molecule has 22 heavy (non-hydrogen) atoms. The van der Waals surface area contributed by atoms with E-state index in [1.54, 1.807) is 18.6 Å². The molecule has 1 amide bonds. The molecule has 2 aromatic rings. The van der Waals surface area contributed by atoms with Crippen molar-refractivity contribution in [1.82, 2.24) is 20.1 Å². The van der Waals surface area contributed by atoms with Crippen molar-refractivity contribution in [2.45, 2.75) is 33.2 Å². The summed E-state index contributed by atoms with van der Waals surface area (Å²) in [6.45, 7) is 5.11. The van der Waals surface area contributed by atoms with E-state index < -0.39 is 0 Å². The molecule has 0 unspecified atom stereocenters. The van der Waals surface area contributed by atoms with Gasteiger partial charge in [-0.3, -0.25) is 14.5 Å². The number of aromatic nitrogens is 3. The zero-order valence-electron chi connectivity index (χ0n) is 13.0. The summed E-state index contributed by atoms with van der Waals surface area (Å²) in [5, 5.41) is 7.15. The molecule has 0 saturated carbocycles. The van der Waals surface area contributed by atoms with Crippen LogP contribution in [0.2, 0.25) is 0 Å². The van der Waals surface area contributed by atoms with Crippen LogP contribution in [0.5, 0.6) is 0 Å². The van der Waals surface area contributed by atoms with Crippen LogP contribution in [-0.2, 0) is 6.54 Å². The van der Waals surface area contributed by atoms with Crippen molar-refractivity contribution >= 4 is 5.91 Å². The summed E-state index contributed by atoms with van der Waals surface area (Å²) in [5.41, 5.74) is 2.19. The first-order chi connectivity index (χ1) is 10.7. The highest BCUT2D eigenvalue weighted by Gasteiger charge is 2.12. The first-order valence-corrected chi connectivity index (χ1v) is 7.42. The molecule has 0 fully saturated rings. The van der Waals surface area contributed by atoms with Crippen molar-refractivity contribution in [3.8, 4) is 11.8 Å². The van der Waals surface area contributed by atoms with Gasteiger partial charge in [-0.25, -0.2) is 0 Å². The first-order valence-electron chi connectivity index (χ1n) is 7.42. The number of nitrogens with zero attached hydrogens (tertiary/aromatic N) is 3. The highest BCUT2D eigenvalue weighted by molar-refractivity contribution is 5.95. The fraction of sp³-hybridized carbons (Fsp3) is 0.353. The van der Waals surface area contributed by atoms with E-state index in [9.17, 15) is 4.79 Å². The smallest absolute Gasteiger partial charge is 0.255 e. The van der Waals surface area contributed by atoms with Crippen molar-refractivity contribution in [1.29, 1.82) is 0 Å². The van der Waals surface area contributed by atoms with E-state index in [0.717, 1.165) is 30.6 Å². The SMILES string of the molecule is CCCCn1cc(C(=O)NCC#Cc2cccnc2)c(C)n1. The van der Waals surface area contributed by atoms with Crippen LogP contribution >= 0.6 is 0 Å². The Morgan fingerprint density at radius 1 is 1.45 bits per heavy atom. The Morgan fingerprint density at radius 2 is 2.32 bits per heavy atom. The number of hydrogen-bond acceptors (Lipinski definition) is 3. The van der Waals surface area contributed by atoms with E-state index in [4.69, 9.17) is 0 Å². The average Bonchev–Trinajstić information content (AvgIpc) is 2.91. The minimum Gasteiger partial charge on any atom is -0.341 e. The third-order valence-electron chi connectivity index (χ3n) is 3.16. The second-order valence-electron chi connectivity index (χ2n) is 4.97. The van der Waals surface area contributed by atoms with Crippen LogP contribution in [0, 0.1) is 18.8 Å². The molecule has 0 aliphatic carbocycles. The molecule has 0 aromatic carbocycles. The first kappa shape index (κ1) is 15.8. The van der Waals surface area contributed by atoms with E-state index in [1.807, 2.05) is 23.7 Å². The van der Waals surface area contributed by atoms with Gasteiger partial charge in [0.2, 0.25) is 0 Å². The summed E-state index contributed by atoms with van der Waals surface area (Å²) in [7, 11) is 0. The molecular formula is C17H20N4O. The molecule has 5 nitrogen and oxygen atoms in total. The number of unbranched alkanes of at least 4 members (excludes halogenated alkanes) is 1. The molecule has 2 aromatic heterocycles. The van der Waals surface area contributed by atoms with Crippen LogP contribution in [0.15, 0.2) is 30.7 Å². The van der Waals surface area contributed by atoms with E-state index in [2.05, 4.69) is 34.2 Å². The van der Waals surface area contributed by atoms with E-state index in [-0.39, 0.29) is 5.91 Å². The standard InChI is InChI=1S/C17H20N4O/c1-3-4-11-21-13-16(14(2)20-21)17(22)19-10-6-8-15-7-5-9-18-12-15/h5,7,9,12-13H,3-4,10-11H2,1-2H3,(H,19,22). The molecular weight excluding hydrogens is 276 g/mol. The molecule has 1 N–H and O–H groups in total. The largest absolute Gasteiger partial charge is 0.341 e. The molecule has 0 radical (unpaired) electrons. The van der Waals surface area contributed by atoms with Gasteiger partial charge in [-0.05, 0) is 25.5 Å². The van der Waals surface area contributed by atoms with Crippen LogP contribution in [0.4, 0.5) is 0 Å². The highest BCUT2D eigenvalue weighted by atomic mass is 16.1. The molecule has 114 valence electrons. The summed E-state index contributed by atoms with van der Waals surface area (Å²) >= 11 is 0. The normalized spacial score (nSPS) is 9.91. The summed E-state index contributed by atoms with van der Waals surface area (Å²) in [5.74, 6) is 5.73. The third-order valence-corrected chi connectivity index (χ3v) is 3.16. The predicted octanol–water partition coefficient (Wildman–Crippen LogP) is 2.17. The average molecular weight is 296 g/mol. The van der Waals surface area contributed by atoms with Crippen molar-refractivity contribution in [2.24, 2.45) is 0 Å². The molecule has 0 saturated heterocycles. The fourth-order valence-corrected chi connectivity index (χ4v) is 1.98. The monoisotopic (exact) mass is 296 g/mol. The van der Waals surface area contributed by atoms with Crippen molar-refractivity contribution in [3.05, 3.63) is 47.5 Å². The highest BCUT2D eigenvalue weighted by Crippen LogP contribution is 2.06. The van der Waals surface area contributed by atoms with Gasteiger partial charge in [-0.2, -0.15) is 5.10 Å². The lowest BCUT2D eigenvalue weighted by Gasteiger charge is -1.99. The number of rotatable bonds is 5. The van der Waals surface area contributed by atoms with E-state index in [0.29, 0.717) is 12.1 Å². The van der Waals surface area contributed by atoms with Crippen LogP contribution in [-0.4, -0.2) is 27.2 Å². The lowest BCUT2D eigenvalue weighted by atomic mass is 10.2. The number of carbonyl (C=O) groups excluding carboxylic acids is 1. The van der Waals surface area contributed by atoms with Crippen molar-refractivity contribution < 1.29 is 4.79 Å². The molecule has 5 heteroatoms. The van der Waals surface area contributed by atoms with Gasteiger partial charge in [0.05, 0.1) is 17.8 Å². The van der Waals surface area contributed by atoms with Crippen LogP contribution in [0.1, 0.15) is 41.4 Å². The quantitative estimate of drug-likeness (QED) is 0.860. The van der Waals surface area contributed by atoms with Gasteiger partial charge in [0.15, 0.2) is 0 Å². The summed E-state index contributed by atoms with van der Waals surface area (Å²) in [4.78, 5) is 16.1. The maximum absolute atomic E-state index is 12.1. The zero-order chi connectivity index (χ0) is 15.8. The Hall–Kier alpha value is -2.61. The van der Waals surface area contributed by atoms with Crippen molar-refractivity contribution in [3.63, 3.8) is 0 Å². The van der Waals surface area contributed by atoms with Gasteiger partial charge in [0, 0.05) is 30.7 Å². The van der Waals surface area contributed by atoms with Gasteiger partial charge in [-0.15, -0.1) is 0 Å². The molecule has 0 aliphatic heterocycles. The fourth-order valence-electron chi connectivity index (χ4n) is 1.98. The summed E-state index contributed by atoms with van der Waals surface area (Å²) in [6, 6.07) is 3.71. The number of hydrogen-bond donors (Lipinski definition) is 1. The number of carbonyl (C=O) groups is 1. The van der Waals surface area contributed by atoms with E-state index in [1.165, 1.54) is 0 Å². The zero-order valence-corrected chi connectivity index (χ0v) is 13.0. The summed E-state index contributed by atoms with van der Waals surface area (Å²) < 4.78 is 1.83. The topological polar surface area (TPSA) is 59.8 Å². The molecule has 0 bridgehead atoms. The lowest BCUT2D eigenvalue weighted by molar-refractivity contribution is 0.0958. The Bertz CT molecular complexity index is 680. The van der Waals surface area contributed by atoms with Gasteiger partial charge in [-0.1, -0.05) is 25.2 Å². The third kappa shape index (κ3) is 4.45. The number of pyridine rings is 1. The Balaban J connectivity index is 1.90. The molecule has 0 aliphatic rings. The van der Waals surface area contributed by atoms with Gasteiger partial charge in [0.1, 0.15) is 0 Å². The molecule has 0 atom stereocenters. The second-order valence-corrected chi connectivity index (χ2v) is 4.97. The van der Waals surface area contributed by atoms with Gasteiger partial charge >= 0.3 is 0 Å². The Morgan fingerprint density at radius 3 is 3.05 bits per heavy atom. The lowest BCUT2D eigenvalue weighted by Crippen LogP contribution is -2.23. The van der Waals surface area contributed by atoms with Gasteiger partial charge < -0.3 is 5.32 Å². The number of aryl methyl sites for hydroxylation is 2. The maximum Gasteiger partial charge on any atom is 0.255 e. The van der Waals surface area contributed by atoms with Crippen LogP contribution in [0.3, 0.4) is 0 Å². The summed E-state index contributed by atoms with van der Waals surface area (Å²) in [6.07, 6.45) is 7.35. The van der Waals surface area contributed by atoms with Crippen LogP contribution in [0.25, 0.3) is 0 Å². The predicted molar refractivity (Wildman–Crippen MR) is 85.3 cm³/mol. The van der Waals surface area contributed by atoms with Crippen molar-refractivity contribution in [2.75, 3.05) is 6.54 Å². The van der Waals surface area contributed by atoms with Gasteiger partial charge in [0.25, 0.3) is 5.91 Å². The Labute approximate surface area is 130 Å². The Kier molecular flexibility index (Phi) is 5.73. The molecule has 2 rings (SSSR count).